The van der Waals surface area contributed by atoms with Crippen LogP contribution in [-0.4, -0.2) is 42.1 Å². The maximum absolute atomic E-state index is 13.4. The Labute approximate surface area is 157 Å². The maximum atomic E-state index is 13.4. The molecule has 27 heavy (non-hydrogen) atoms. The highest BCUT2D eigenvalue weighted by molar-refractivity contribution is 5.94. The van der Waals surface area contributed by atoms with Crippen LogP contribution >= 0.6 is 0 Å². The average Bonchev–Trinajstić information content (AvgIpc) is 2.92. The number of alkyl carbamates (subject to hydrolysis) is 1. The number of rotatable bonds is 2. The zero-order chi connectivity index (χ0) is 18.9. The van der Waals surface area contributed by atoms with Gasteiger partial charge in [-0.05, 0) is 48.2 Å². The van der Waals surface area contributed by atoms with Crippen LogP contribution in [0.5, 0.6) is 0 Å². The lowest BCUT2D eigenvalue weighted by Gasteiger charge is -2.25. The second kappa shape index (κ2) is 7.02. The van der Waals surface area contributed by atoms with Crippen LogP contribution in [0.3, 0.4) is 0 Å². The summed E-state index contributed by atoms with van der Waals surface area (Å²) in [4.78, 5) is 26.1. The Kier molecular flexibility index (Phi) is 4.56. The molecule has 2 aromatic carbocycles. The Balaban J connectivity index is 1.46. The Bertz CT molecular complexity index is 868. The van der Waals surface area contributed by atoms with Crippen molar-refractivity contribution in [3.05, 3.63) is 59.9 Å². The van der Waals surface area contributed by atoms with Crippen molar-refractivity contribution >= 4 is 12.0 Å². The van der Waals surface area contributed by atoms with E-state index in [1.165, 1.54) is 12.1 Å². The number of hydrogen-bond acceptors (Lipinski definition) is 3. The summed E-state index contributed by atoms with van der Waals surface area (Å²) in [6.07, 6.45) is 1.82. The van der Waals surface area contributed by atoms with Gasteiger partial charge in [0.15, 0.2) is 0 Å². The van der Waals surface area contributed by atoms with Crippen molar-refractivity contribution in [2.75, 3.05) is 19.6 Å². The number of nitrogens with zero attached hydrogens (tertiary/aromatic N) is 1. The van der Waals surface area contributed by atoms with Crippen molar-refractivity contribution < 1.29 is 18.7 Å². The molecule has 0 unspecified atom stereocenters. The fourth-order valence-corrected chi connectivity index (χ4v) is 3.81. The number of nitrogens with one attached hydrogen (secondary N) is 1. The SMILES string of the molecule is O=C1NC[C@]2(CCCN(C(=O)c3ccc(-c4cccc(F)c4)cc3)CC2)O1. The predicted octanol–water partition coefficient (Wildman–Crippen LogP) is 3.60. The van der Waals surface area contributed by atoms with E-state index in [0.29, 0.717) is 31.6 Å². The normalized spacial score (nSPS) is 22.3. The summed E-state index contributed by atoms with van der Waals surface area (Å²) < 4.78 is 18.9. The second-order valence-electron chi connectivity index (χ2n) is 7.16. The standard InChI is InChI=1S/C21H21FN2O3/c22-18-4-1-3-17(13-18)15-5-7-16(8-6-15)19(25)24-11-2-9-21(10-12-24)14-23-20(26)27-21/h1,3-8,13H,2,9-12,14H2,(H,23,26)/t21-/m1/s1. The monoisotopic (exact) mass is 368 g/mol. The zero-order valence-electron chi connectivity index (χ0n) is 14.9. The van der Waals surface area contributed by atoms with Gasteiger partial charge in [-0.2, -0.15) is 0 Å². The first-order chi connectivity index (χ1) is 13.0. The third-order valence-electron chi connectivity index (χ3n) is 5.34. The highest BCUT2D eigenvalue weighted by atomic mass is 19.1. The second-order valence-corrected chi connectivity index (χ2v) is 7.16. The van der Waals surface area contributed by atoms with Gasteiger partial charge in [-0.25, -0.2) is 9.18 Å². The van der Waals surface area contributed by atoms with E-state index in [4.69, 9.17) is 4.74 Å². The number of carbonyl (C=O) groups excluding carboxylic acids is 2. The molecule has 2 aliphatic rings. The minimum absolute atomic E-state index is 0.0323. The van der Waals surface area contributed by atoms with Gasteiger partial charge in [-0.3, -0.25) is 4.79 Å². The first-order valence-corrected chi connectivity index (χ1v) is 9.17. The van der Waals surface area contributed by atoms with Gasteiger partial charge in [0.25, 0.3) is 5.91 Å². The molecule has 0 saturated carbocycles. The Morgan fingerprint density at radius 1 is 1.07 bits per heavy atom. The Morgan fingerprint density at radius 3 is 2.59 bits per heavy atom. The molecule has 0 bridgehead atoms. The quantitative estimate of drug-likeness (QED) is 0.881. The number of ether oxygens (including phenoxy) is 1. The average molecular weight is 368 g/mol. The third kappa shape index (κ3) is 3.65. The van der Waals surface area contributed by atoms with Gasteiger partial charge >= 0.3 is 6.09 Å². The topological polar surface area (TPSA) is 58.6 Å². The smallest absolute Gasteiger partial charge is 0.407 e. The van der Waals surface area contributed by atoms with Gasteiger partial charge in [-0.15, -0.1) is 0 Å². The van der Waals surface area contributed by atoms with Crippen LogP contribution in [0.2, 0.25) is 0 Å². The molecule has 2 aromatic rings. The van der Waals surface area contributed by atoms with Crippen LogP contribution in [0.25, 0.3) is 11.1 Å². The van der Waals surface area contributed by atoms with Gasteiger partial charge in [0.1, 0.15) is 11.4 Å². The summed E-state index contributed by atoms with van der Waals surface area (Å²) in [5.41, 5.74) is 1.77. The predicted molar refractivity (Wildman–Crippen MR) is 98.8 cm³/mol. The molecule has 2 heterocycles. The van der Waals surface area contributed by atoms with E-state index in [9.17, 15) is 14.0 Å². The van der Waals surface area contributed by atoms with Gasteiger partial charge in [0, 0.05) is 25.1 Å². The fraction of sp³-hybridized carbons (Fsp3) is 0.333. The van der Waals surface area contributed by atoms with Gasteiger partial charge in [0.2, 0.25) is 0 Å². The number of likely N-dealkylation sites (tertiary alicyclic amines) is 1. The van der Waals surface area contributed by atoms with Gasteiger partial charge in [-0.1, -0.05) is 24.3 Å². The lowest BCUT2D eigenvalue weighted by Crippen LogP contribution is -2.36. The van der Waals surface area contributed by atoms with Crippen molar-refractivity contribution in [1.82, 2.24) is 10.2 Å². The lowest BCUT2D eigenvalue weighted by atomic mass is 9.95. The number of benzene rings is 2. The fourth-order valence-electron chi connectivity index (χ4n) is 3.81. The summed E-state index contributed by atoms with van der Waals surface area (Å²) in [6.45, 7) is 1.71. The first kappa shape index (κ1) is 17.5. The summed E-state index contributed by atoms with van der Waals surface area (Å²) in [6, 6.07) is 13.6. The number of carbonyl (C=O) groups is 2. The van der Waals surface area contributed by atoms with E-state index in [1.807, 2.05) is 23.1 Å². The molecular weight excluding hydrogens is 347 g/mol. The van der Waals surface area contributed by atoms with E-state index in [1.54, 1.807) is 18.2 Å². The maximum Gasteiger partial charge on any atom is 0.407 e. The van der Waals surface area contributed by atoms with Crippen molar-refractivity contribution in [3.8, 4) is 11.1 Å². The Morgan fingerprint density at radius 2 is 1.89 bits per heavy atom. The molecule has 0 radical (unpaired) electrons. The van der Waals surface area contributed by atoms with Gasteiger partial charge < -0.3 is 15.0 Å². The molecule has 1 N–H and O–H groups in total. The molecule has 0 aromatic heterocycles. The molecule has 6 heteroatoms. The molecule has 2 fully saturated rings. The number of halogens is 1. The van der Waals surface area contributed by atoms with E-state index in [0.717, 1.165) is 24.0 Å². The zero-order valence-corrected chi connectivity index (χ0v) is 14.9. The van der Waals surface area contributed by atoms with Crippen molar-refractivity contribution in [3.63, 3.8) is 0 Å². The van der Waals surface area contributed by atoms with Crippen LogP contribution in [0.4, 0.5) is 9.18 Å². The van der Waals surface area contributed by atoms with E-state index < -0.39 is 5.60 Å². The van der Waals surface area contributed by atoms with Crippen LogP contribution in [0.15, 0.2) is 48.5 Å². The van der Waals surface area contributed by atoms with Crippen molar-refractivity contribution in [2.45, 2.75) is 24.9 Å². The largest absolute Gasteiger partial charge is 0.441 e. The summed E-state index contributed by atoms with van der Waals surface area (Å²) >= 11 is 0. The molecule has 140 valence electrons. The molecular formula is C21H21FN2O3. The third-order valence-corrected chi connectivity index (χ3v) is 5.34. The number of hydrogen-bond donors (Lipinski definition) is 1. The van der Waals surface area contributed by atoms with Crippen molar-refractivity contribution in [1.29, 1.82) is 0 Å². The molecule has 2 aliphatic heterocycles. The van der Waals surface area contributed by atoms with Crippen LogP contribution < -0.4 is 5.32 Å². The molecule has 2 amide bonds. The Hall–Kier alpha value is -2.89. The molecule has 0 aliphatic carbocycles. The molecule has 5 nitrogen and oxygen atoms in total. The van der Waals surface area contributed by atoms with E-state index >= 15 is 0 Å². The van der Waals surface area contributed by atoms with E-state index in [-0.39, 0.29) is 17.8 Å². The van der Waals surface area contributed by atoms with Gasteiger partial charge in [0.05, 0.1) is 6.54 Å². The summed E-state index contributed by atoms with van der Waals surface area (Å²) in [5, 5.41) is 2.72. The minimum atomic E-state index is -0.479. The summed E-state index contributed by atoms with van der Waals surface area (Å²) in [7, 11) is 0. The van der Waals surface area contributed by atoms with Crippen LogP contribution in [-0.2, 0) is 4.74 Å². The van der Waals surface area contributed by atoms with Crippen LogP contribution in [0.1, 0.15) is 29.6 Å². The van der Waals surface area contributed by atoms with E-state index in [2.05, 4.69) is 5.32 Å². The first-order valence-electron chi connectivity index (χ1n) is 9.17. The molecule has 2 saturated heterocycles. The molecule has 1 spiro atoms. The highest BCUT2D eigenvalue weighted by Gasteiger charge is 2.41. The molecule has 4 rings (SSSR count). The van der Waals surface area contributed by atoms with Crippen molar-refractivity contribution in [2.24, 2.45) is 0 Å². The lowest BCUT2D eigenvalue weighted by molar-refractivity contribution is 0.0438. The highest BCUT2D eigenvalue weighted by Crippen LogP contribution is 2.30. The minimum Gasteiger partial charge on any atom is -0.441 e. The van der Waals surface area contributed by atoms with Crippen LogP contribution in [0, 0.1) is 5.82 Å². The summed E-state index contributed by atoms with van der Waals surface area (Å²) in [5.74, 6) is -0.316. The molecule has 1 atom stereocenters. The number of amides is 2.